The maximum Gasteiger partial charge on any atom is 0.177 e. The third kappa shape index (κ3) is 4.40. The molecule has 14 heavy (non-hydrogen) atoms. The monoisotopic (exact) mass is 260 g/mol. The second-order valence-corrected chi connectivity index (χ2v) is 4.77. The number of hydrogen-bond donors (Lipinski definition) is 0. The molecule has 0 unspecified atom stereocenters. The Balaban J connectivity index is 2.28. The fourth-order valence-corrected chi connectivity index (χ4v) is 1.32. The second kappa shape index (κ2) is 5.69. The summed E-state index contributed by atoms with van der Waals surface area (Å²) < 4.78 is 11.0. The van der Waals surface area contributed by atoms with E-state index in [0.717, 1.165) is 18.5 Å². The van der Waals surface area contributed by atoms with E-state index >= 15 is 0 Å². The van der Waals surface area contributed by atoms with Gasteiger partial charge in [0.25, 0.3) is 0 Å². The Bertz CT molecular complexity index is 211. The van der Waals surface area contributed by atoms with E-state index < -0.39 is 0 Å². The SMILES string of the molecule is CC1(C)COC(/C=C/C=C/CBr)OC1. The van der Waals surface area contributed by atoms with E-state index in [1.165, 1.54) is 0 Å². The summed E-state index contributed by atoms with van der Waals surface area (Å²) in [6, 6.07) is 0. The third-order valence-corrected chi connectivity index (χ3v) is 2.26. The average Bonchev–Trinajstić information content (AvgIpc) is 2.15. The lowest BCUT2D eigenvalue weighted by Gasteiger charge is -2.33. The molecule has 0 aromatic rings. The summed E-state index contributed by atoms with van der Waals surface area (Å²) in [6.07, 6.45) is 7.69. The van der Waals surface area contributed by atoms with E-state index in [-0.39, 0.29) is 11.7 Å². The number of rotatable bonds is 3. The molecule has 0 amide bonds. The van der Waals surface area contributed by atoms with Gasteiger partial charge in [-0.3, -0.25) is 0 Å². The third-order valence-electron chi connectivity index (χ3n) is 1.88. The van der Waals surface area contributed by atoms with Crippen LogP contribution in [0.4, 0.5) is 0 Å². The van der Waals surface area contributed by atoms with Crippen LogP contribution in [0.5, 0.6) is 0 Å². The molecule has 1 heterocycles. The van der Waals surface area contributed by atoms with Crippen molar-refractivity contribution in [3.05, 3.63) is 24.3 Å². The van der Waals surface area contributed by atoms with Crippen molar-refractivity contribution in [1.29, 1.82) is 0 Å². The molecule has 0 N–H and O–H groups in total. The van der Waals surface area contributed by atoms with E-state index in [4.69, 9.17) is 9.47 Å². The van der Waals surface area contributed by atoms with Crippen molar-refractivity contribution in [2.24, 2.45) is 5.41 Å². The van der Waals surface area contributed by atoms with Gasteiger partial charge in [0, 0.05) is 10.7 Å². The van der Waals surface area contributed by atoms with Crippen LogP contribution in [-0.2, 0) is 9.47 Å². The molecule has 0 bridgehead atoms. The fourth-order valence-electron chi connectivity index (χ4n) is 1.10. The highest BCUT2D eigenvalue weighted by Crippen LogP contribution is 2.23. The van der Waals surface area contributed by atoms with Crippen LogP contribution in [-0.4, -0.2) is 24.8 Å². The maximum absolute atomic E-state index is 5.52. The molecule has 0 radical (unpaired) electrons. The number of ether oxygens (including phenoxy) is 2. The van der Waals surface area contributed by atoms with Gasteiger partial charge in [0.15, 0.2) is 6.29 Å². The van der Waals surface area contributed by atoms with Crippen LogP contribution >= 0.6 is 15.9 Å². The first-order chi connectivity index (χ1) is 6.64. The zero-order chi connectivity index (χ0) is 10.4. The molecule has 0 atom stereocenters. The lowest BCUT2D eigenvalue weighted by molar-refractivity contribution is -0.197. The number of alkyl halides is 1. The van der Waals surface area contributed by atoms with Crippen LogP contribution in [0, 0.1) is 5.41 Å². The highest BCUT2D eigenvalue weighted by Gasteiger charge is 2.26. The van der Waals surface area contributed by atoms with E-state index in [2.05, 4.69) is 29.8 Å². The van der Waals surface area contributed by atoms with Crippen LogP contribution in [0.25, 0.3) is 0 Å². The normalized spacial score (nSPS) is 23.6. The van der Waals surface area contributed by atoms with Gasteiger partial charge in [-0.2, -0.15) is 0 Å². The van der Waals surface area contributed by atoms with Crippen LogP contribution in [0.15, 0.2) is 24.3 Å². The molecular formula is C11H17BrO2. The fraction of sp³-hybridized carbons (Fsp3) is 0.636. The molecular weight excluding hydrogens is 244 g/mol. The summed E-state index contributed by atoms with van der Waals surface area (Å²) in [4.78, 5) is 0. The first kappa shape index (κ1) is 12.0. The number of halogens is 1. The highest BCUT2D eigenvalue weighted by molar-refractivity contribution is 9.09. The molecule has 0 aliphatic carbocycles. The standard InChI is InChI=1S/C11H17BrO2/c1-11(2)8-13-10(14-9-11)6-4-3-5-7-12/h3-6,10H,7-9H2,1-2H3/b5-3+,6-4+. The Kier molecular flexibility index (Phi) is 4.85. The van der Waals surface area contributed by atoms with Crippen molar-refractivity contribution < 1.29 is 9.47 Å². The first-order valence-corrected chi connectivity index (χ1v) is 5.89. The maximum atomic E-state index is 5.52. The van der Waals surface area contributed by atoms with Crippen LogP contribution in [0.1, 0.15) is 13.8 Å². The van der Waals surface area contributed by atoms with Gasteiger partial charge >= 0.3 is 0 Å². The highest BCUT2D eigenvalue weighted by atomic mass is 79.9. The van der Waals surface area contributed by atoms with Crippen LogP contribution in [0.2, 0.25) is 0 Å². The molecule has 0 aromatic heterocycles. The van der Waals surface area contributed by atoms with Gasteiger partial charge in [-0.05, 0) is 6.08 Å². The second-order valence-electron chi connectivity index (χ2n) is 4.12. The summed E-state index contributed by atoms with van der Waals surface area (Å²) in [7, 11) is 0. The van der Waals surface area contributed by atoms with Crippen molar-refractivity contribution >= 4 is 15.9 Å². The predicted octanol–water partition coefficient (Wildman–Crippen LogP) is 2.89. The summed E-state index contributed by atoms with van der Waals surface area (Å²) in [5.74, 6) is 0. The minimum Gasteiger partial charge on any atom is -0.348 e. The molecule has 3 heteroatoms. The van der Waals surface area contributed by atoms with Gasteiger partial charge in [-0.15, -0.1) is 0 Å². The van der Waals surface area contributed by atoms with Gasteiger partial charge in [-0.1, -0.05) is 48.0 Å². The van der Waals surface area contributed by atoms with Gasteiger partial charge < -0.3 is 9.47 Å². The molecule has 1 fully saturated rings. The molecule has 1 rings (SSSR count). The van der Waals surface area contributed by atoms with Gasteiger partial charge in [0.05, 0.1) is 13.2 Å². The largest absolute Gasteiger partial charge is 0.348 e. The molecule has 1 aliphatic rings. The first-order valence-electron chi connectivity index (χ1n) is 4.76. The molecule has 0 saturated carbocycles. The Morgan fingerprint density at radius 1 is 1.29 bits per heavy atom. The van der Waals surface area contributed by atoms with E-state index in [9.17, 15) is 0 Å². The number of hydrogen-bond acceptors (Lipinski definition) is 2. The lowest BCUT2D eigenvalue weighted by atomic mass is 9.96. The van der Waals surface area contributed by atoms with Crippen LogP contribution in [0.3, 0.4) is 0 Å². The topological polar surface area (TPSA) is 18.5 Å². The smallest absolute Gasteiger partial charge is 0.177 e. The average molecular weight is 261 g/mol. The van der Waals surface area contributed by atoms with Gasteiger partial charge in [0.1, 0.15) is 0 Å². The predicted molar refractivity (Wildman–Crippen MR) is 61.5 cm³/mol. The Labute approximate surface area is 94.1 Å². The van der Waals surface area contributed by atoms with Crippen molar-refractivity contribution in [3.63, 3.8) is 0 Å². The summed E-state index contributed by atoms with van der Waals surface area (Å²) >= 11 is 3.31. The zero-order valence-electron chi connectivity index (χ0n) is 8.70. The van der Waals surface area contributed by atoms with Crippen molar-refractivity contribution in [3.8, 4) is 0 Å². The summed E-state index contributed by atoms with van der Waals surface area (Å²) in [5, 5.41) is 0.872. The molecule has 2 nitrogen and oxygen atoms in total. The summed E-state index contributed by atoms with van der Waals surface area (Å²) in [6.45, 7) is 5.78. The quantitative estimate of drug-likeness (QED) is 0.574. The zero-order valence-corrected chi connectivity index (χ0v) is 10.3. The molecule has 0 spiro atoms. The minimum absolute atomic E-state index is 0.149. The molecule has 80 valence electrons. The summed E-state index contributed by atoms with van der Waals surface area (Å²) in [5.41, 5.74) is 0.149. The molecule has 1 saturated heterocycles. The Hall–Kier alpha value is -0.120. The van der Waals surface area contributed by atoms with E-state index in [1.807, 2.05) is 24.3 Å². The minimum atomic E-state index is -0.178. The van der Waals surface area contributed by atoms with E-state index in [0.29, 0.717) is 0 Å². The number of allylic oxidation sites excluding steroid dienone is 3. The molecule has 0 aromatic carbocycles. The van der Waals surface area contributed by atoms with Crippen molar-refractivity contribution in [2.45, 2.75) is 20.1 Å². The van der Waals surface area contributed by atoms with Gasteiger partial charge in [0.2, 0.25) is 0 Å². The van der Waals surface area contributed by atoms with E-state index in [1.54, 1.807) is 0 Å². The molecule has 1 aliphatic heterocycles. The Morgan fingerprint density at radius 2 is 1.93 bits per heavy atom. The Morgan fingerprint density at radius 3 is 2.50 bits per heavy atom. The van der Waals surface area contributed by atoms with Gasteiger partial charge in [-0.25, -0.2) is 0 Å². The van der Waals surface area contributed by atoms with Crippen LogP contribution < -0.4 is 0 Å². The van der Waals surface area contributed by atoms with Crippen molar-refractivity contribution in [1.82, 2.24) is 0 Å². The van der Waals surface area contributed by atoms with Crippen molar-refractivity contribution in [2.75, 3.05) is 18.5 Å². The lowest BCUT2D eigenvalue weighted by Crippen LogP contribution is -2.36.